The van der Waals surface area contributed by atoms with E-state index in [1.807, 2.05) is 49.4 Å². The van der Waals surface area contributed by atoms with Gasteiger partial charge in [0.25, 0.3) is 0 Å². The summed E-state index contributed by atoms with van der Waals surface area (Å²) < 4.78 is 5.21. The van der Waals surface area contributed by atoms with E-state index in [4.69, 9.17) is 16.3 Å². The Hall–Kier alpha value is -1.91. The third-order valence-electron chi connectivity index (χ3n) is 3.80. The number of benzene rings is 2. The van der Waals surface area contributed by atoms with Gasteiger partial charge in [0.05, 0.1) is 0 Å². The zero-order valence-corrected chi connectivity index (χ0v) is 15.3. The highest BCUT2D eigenvalue weighted by molar-refractivity contribution is 7.99. The smallest absolute Gasteiger partial charge is 0.303 e. The Labute approximate surface area is 150 Å². The Morgan fingerprint density at radius 1 is 1.21 bits per heavy atom. The minimum Gasteiger partial charge on any atom is -0.458 e. The monoisotopic (exact) mass is 359 g/mol. The molecule has 124 valence electrons. The van der Waals surface area contributed by atoms with Gasteiger partial charge in [-0.15, -0.1) is 0 Å². The number of hydrogen-bond donors (Lipinski definition) is 1. The molecule has 0 aliphatic heterocycles. The predicted molar refractivity (Wildman–Crippen MR) is 98.8 cm³/mol. The van der Waals surface area contributed by atoms with Gasteiger partial charge in [-0.2, -0.15) is 0 Å². The van der Waals surface area contributed by atoms with E-state index in [0.717, 1.165) is 26.7 Å². The van der Waals surface area contributed by atoms with Crippen LogP contribution in [0.25, 0.3) is 10.9 Å². The molecule has 0 aliphatic carbocycles. The molecule has 5 heteroatoms. The van der Waals surface area contributed by atoms with Crippen molar-refractivity contribution in [2.24, 2.45) is 0 Å². The topological polar surface area (TPSA) is 42.1 Å². The summed E-state index contributed by atoms with van der Waals surface area (Å²) in [4.78, 5) is 16.8. The molecular weight excluding hydrogens is 342 g/mol. The average molecular weight is 360 g/mol. The van der Waals surface area contributed by atoms with Crippen molar-refractivity contribution in [3.8, 4) is 0 Å². The van der Waals surface area contributed by atoms with Gasteiger partial charge in [-0.05, 0) is 43.7 Å². The maximum Gasteiger partial charge on any atom is 0.303 e. The molecule has 0 aliphatic rings. The van der Waals surface area contributed by atoms with E-state index >= 15 is 0 Å². The van der Waals surface area contributed by atoms with E-state index < -0.39 is 0 Å². The number of ether oxygens (including phenoxy) is 1. The molecule has 0 fully saturated rings. The number of halogens is 1. The number of rotatable bonds is 4. The zero-order chi connectivity index (χ0) is 17.3. The molecule has 2 aromatic carbocycles. The third-order valence-corrected chi connectivity index (χ3v) is 5.27. The molecule has 1 N–H and O–H groups in total. The van der Waals surface area contributed by atoms with Crippen LogP contribution in [0.2, 0.25) is 5.02 Å². The average Bonchev–Trinajstić information content (AvgIpc) is 2.82. The summed E-state index contributed by atoms with van der Waals surface area (Å²) in [6.45, 7) is 5.36. The van der Waals surface area contributed by atoms with Gasteiger partial charge in [0.1, 0.15) is 6.10 Å². The van der Waals surface area contributed by atoms with Crippen molar-refractivity contribution >= 4 is 40.2 Å². The van der Waals surface area contributed by atoms with Crippen molar-refractivity contribution in [2.75, 3.05) is 0 Å². The van der Waals surface area contributed by atoms with Gasteiger partial charge in [0.15, 0.2) is 0 Å². The van der Waals surface area contributed by atoms with Crippen LogP contribution in [-0.2, 0) is 9.53 Å². The van der Waals surface area contributed by atoms with Crippen LogP contribution in [0.5, 0.6) is 0 Å². The van der Waals surface area contributed by atoms with Crippen LogP contribution in [0, 0.1) is 6.92 Å². The first-order valence-corrected chi connectivity index (χ1v) is 8.86. The number of aryl methyl sites for hydroxylation is 1. The predicted octanol–water partition coefficient (Wildman–Crippen LogP) is 5.91. The largest absolute Gasteiger partial charge is 0.458 e. The van der Waals surface area contributed by atoms with Crippen LogP contribution in [-0.4, -0.2) is 11.0 Å². The number of hydrogen-bond acceptors (Lipinski definition) is 3. The van der Waals surface area contributed by atoms with Crippen LogP contribution in [0.1, 0.15) is 31.2 Å². The number of aromatic amines is 1. The number of fused-ring (bicyclic) bond motifs is 1. The summed E-state index contributed by atoms with van der Waals surface area (Å²) in [5.74, 6) is -0.269. The highest BCUT2D eigenvalue weighted by Gasteiger charge is 2.12. The standard InChI is InChI=1S/C19H18ClNO2S/c1-11-19(17-9-6-15(20)10-18(17)21-11)24-16-7-4-14(5-8-16)12(2)23-13(3)22/h4-10,12,21H,1-3H3. The summed E-state index contributed by atoms with van der Waals surface area (Å²) in [6.07, 6.45) is -0.237. The minimum atomic E-state index is -0.269. The molecule has 1 aromatic heterocycles. The molecular formula is C19H18ClNO2S. The Morgan fingerprint density at radius 2 is 1.92 bits per heavy atom. The molecule has 0 saturated carbocycles. The highest BCUT2D eigenvalue weighted by Crippen LogP contribution is 2.37. The Morgan fingerprint density at radius 3 is 2.58 bits per heavy atom. The zero-order valence-electron chi connectivity index (χ0n) is 13.7. The molecule has 0 amide bonds. The number of aromatic nitrogens is 1. The first-order chi connectivity index (χ1) is 11.4. The van der Waals surface area contributed by atoms with Crippen molar-refractivity contribution in [3.63, 3.8) is 0 Å². The van der Waals surface area contributed by atoms with Gasteiger partial charge in [-0.25, -0.2) is 0 Å². The van der Waals surface area contributed by atoms with Gasteiger partial charge in [-0.1, -0.05) is 41.6 Å². The number of H-pyrrole nitrogens is 1. The maximum atomic E-state index is 11.1. The van der Waals surface area contributed by atoms with Gasteiger partial charge in [-0.3, -0.25) is 4.79 Å². The van der Waals surface area contributed by atoms with Crippen molar-refractivity contribution in [1.29, 1.82) is 0 Å². The van der Waals surface area contributed by atoms with E-state index in [-0.39, 0.29) is 12.1 Å². The molecule has 0 radical (unpaired) electrons. The van der Waals surface area contributed by atoms with Crippen LogP contribution in [0.4, 0.5) is 0 Å². The van der Waals surface area contributed by atoms with Gasteiger partial charge >= 0.3 is 5.97 Å². The maximum absolute atomic E-state index is 11.1. The van der Waals surface area contributed by atoms with Crippen LogP contribution >= 0.6 is 23.4 Å². The summed E-state index contributed by atoms with van der Waals surface area (Å²) in [6, 6.07) is 14.0. The van der Waals surface area contributed by atoms with Gasteiger partial charge < -0.3 is 9.72 Å². The Balaban J connectivity index is 1.84. The molecule has 1 atom stereocenters. The molecule has 3 nitrogen and oxygen atoms in total. The normalized spacial score (nSPS) is 12.3. The number of nitrogens with one attached hydrogen (secondary N) is 1. The number of carbonyl (C=O) groups excluding carboxylic acids is 1. The SMILES string of the molecule is CC(=O)OC(C)c1ccc(Sc2c(C)[nH]c3cc(Cl)ccc23)cc1. The second-order valence-corrected chi connectivity index (χ2v) is 7.21. The quantitative estimate of drug-likeness (QED) is 0.589. The fourth-order valence-corrected chi connectivity index (χ4v) is 3.82. The lowest BCUT2D eigenvalue weighted by Crippen LogP contribution is -2.04. The molecule has 0 bridgehead atoms. The molecule has 0 saturated heterocycles. The van der Waals surface area contributed by atoms with Crippen LogP contribution in [0.15, 0.2) is 52.3 Å². The molecule has 3 rings (SSSR count). The Kier molecular flexibility index (Phi) is 4.88. The van der Waals surface area contributed by atoms with Crippen molar-refractivity contribution in [1.82, 2.24) is 4.98 Å². The second kappa shape index (κ2) is 6.91. The highest BCUT2D eigenvalue weighted by atomic mass is 35.5. The fraction of sp³-hybridized carbons (Fsp3) is 0.211. The number of esters is 1. The first kappa shape index (κ1) is 16.9. The Bertz CT molecular complexity index is 886. The van der Waals surface area contributed by atoms with Crippen LogP contribution in [0.3, 0.4) is 0 Å². The van der Waals surface area contributed by atoms with Crippen molar-refractivity contribution < 1.29 is 9.53 Å². The van der Waals surface area contributed by atoms with E-state index in [9.17, 15) is 4.79 Å². The molecule has 1 heterocycles. The van der Waals surface area contributed by atoms with Gasteiger partial charge in [0.2, 0.25) is 0 Å². The van der Waals surface area contributed by atoms with Crippen LogP contribution < -0.4 is 0 Å². The molecule has 24 heavy (non-hydrogen) atoms. The lowest BCUT2D eigenvalue weighted by atomic mass is 10.1. The summed E-state index contributed by atoms with van der Waals surface area (Å²) >= 11 is 7.77. The third kappa shape index (κ3) is 3.60. The van der Waals surface area contributed by atoms with E-state index in [2.05, 4.69) is 11.9 Å². The van der Waals surface area contributed by atoms with E-state index in [1.165, 1.54) is 17.2 Å². The molecule has 3 aromatic rings. The lowest BCUT2D eigenvalue weighted by Gasteiger charge is -2.12. The van der Waals surface area contributed by atoms with Crippen molar-refractivity contribution in [3.05, 3.63) is 58.7 Å². The summed E-state index contributed by atoms with van der Waals surface area (Å²) in [5, 5.41) is 1.89. The minimum absolute atomic E-state index is 0.237. The van der Waals surface area contributed by atoms with Crippen molar-refractivity contribution in [2.45, 2.75) is 36.7 Å². The second-order valence-electron chi connectivity index (χ2n) is 5.69. The number of carbonyl (C=O) groups is 1. The first-order valence-electron chi connectivity index (χ1n) is 7.67. The van der Waals surface area contributed by atoms with Gasteiger partial charge in [0, 0.05) is 38.3 Å². The molecule has 1 unspecified atom stereocenters. The summed E-state index contributed by atoms with van der Waals surface area (Å²) in [7, 11) is 0. The fourth-order valence-electron chi connectivity index (χ4n) is 2.65. The van der Waals surface area contributed by atoms with E-state index in [0.29, 0.717) is 0 Å². The van der Waals surface area contributed by atoms with E-state index in [1.54, 1.807) is 11.8 Å². The lowest BCUT2D eigenvalue weighted by molar-refractivity contribution is -0.145. The molecule has 0 spiro atoms. The summed E-state index contributed by atoms with van der Waals surface area (Å²) in [5.41, 5.74) is 3.15.